The lowest BCUT2D eigenvalue weighted by atomic mass is 10.1. The summed E-state index contributed by atoms with van der Waals surface area (Å²) in [5.74, 6) is 2.36. The number of aryl methyl sites for hydroxylation is 1. The molecule has 1 saturated heterocycles. The summed E-state index contributed by atoms with van der Waals surface area (Å²) in [6, 6.07) is 20.7. The van der Waals surface area contributed by atoms with Crippen molar-refractivity contribution in [3.63, 3.8) is 0 Å². The largest absolute Gasteiger partial charge is 0.497 e. The molecule has 4 heterocycles. The number of methoxy groups -OCH3 is 1. The molecule has 0 radical (unpaired) electrons. The number of thioether (sulfide) groups is 1. The summed E-state index contributed by atoms with van der Waals surface area (Å²) < 4.78 is 7.02. The molecule has 0 aliphatic carbocycles. The second-order valence-corrected chi connectivity index (χ2v) is 13.0. The van der Waals surface area contributed by atoms with Crippen LogP contribution < -0.4 is 20.1 Å². The molecule has 5 aromatic rings. The van der Waals surface area contributed by atoms with Crippen molar-refractivity contribution in [2.45, 2.75) is 37.5 Å². The molecular formula is C35H34ClN7O3S. The quantitative estimate of drug-likeness (QED) is 0.147. The zero-order valence-electron chi connectivity index (χ0n) is 26.6. The Bertz CT molecular complexity index is 2070. The minimum absolute atomic E-state index is 0.145. The zero-order valence-corrected chi connectivity index (χ0v) is 28.2. The molecule has 2 aliphatic rings. The van der Waals surface area contributed by atoms with Crippen molar-refractivity contribution in [1.29, 1.82) is 0 Å². The lowest BCUT2D eigenvalue weighted by Gasteiger charge is -2.38. The van der Waals surface area contributed by atoms with Crippen LogP contribution in [0.1, 0.15) is 46.2 Å². The van der Waals surface area contributed by atoms with Crippen LogP contribution in [0.25, 0.3) is 16.6 Å². The zero-order chi connectivity index (χ0) is 32.8. The van der Waals surface area contributed by atoms with Gasteiger partial charge in [-0.05, 0) is 73.5 Å². The summed E-state index contributed by atoms with van der Waals surface area (Å²) >= 11 is 8.01. The van der Waals surface area contributed by atoms with Crippen LogP contribution in [0.2, 0.25) is 5.02 Å². The highest BCUT2D eigenvalue weighted by atomic mass is 35.5. The first-order valence-corrected chi connectivity index (χ1v) is 17.0. The van der Waals surface area contributed by atoms with Gasteiger partial charge in [-0.3, -0.25) is 14.2 Å². The fourth-order valence-electron chi connectivity index (χ4n) is 6.53. The average molecular weight is 668 g/mol. The third kappa shape index (κ3) is 5.57. The number of hydrogen-bond donors (Lipinski definition) is 0. The Kier molecular flexibility index (Phi) is 8.27. The van der Waals surface area contributed by atoms with Gasteiger partial charge in [-0.15, -0.1) is 0 Å². The van der Waals surface area contributed by atoms with Gasteiger partial charge >= 0.3 is 0 Å². The van der Waals surface area contributed by atoms with E-state index in [0.29, 0.717) is 69.6 Å². The van der Waals surface area contributed by atoms with E-state index in [4.69, 9.17) is 31.3 Å². The van der Waals surface area contributed by atoms with E-state index in [1.165, 1.54) is 11.8 Å². The van der Waals surface area contributed by atoms with Gasteiger partial charge in [0.15, 0.2) is 5.16 Å². The molecule has 2 aliphatic heterocycles. The molecule has 0 bridgehead atoms. The molecule has 1 amide bonds. The van der Waals surface area contributed by atoms with Gasteiger partial charge in [0.25, 0.3) is 11.5 Å². The van der Waals surface area contributed by atoms with E-state index in [9.17, 15) is 9.59 Å². The summed E-state index contributed by atoms with van der Waals surface area (Å²) in [4.78, 5) is 49.2. The lowest BCUT2D eigenvalue weighted by Crippen LogP contribution is -2.46. The van der Waals surface area contributed by atoms with E-state index in [0.717, 1.165) is 29.7 Å². The number of halogens is 1. The summed E-state index contributed by atoms with van der Waals surface area (Å²) in [7, 11) is 3.44. The molecule has 12 heteroatoms. The highest BCUT2D eigenvalue weighted by Gasteiger charge is 2.39. The van der Waals surface area contributed by atoms with Gasteiger partial charge in [-0.2, -0.15) is 0 Å². The number of nitrogens with zero attached hydrogens (tertiary/aromatic N) is 7. The number of amides is 1. The smallest absolute Gasteiger partial charge is 0.267 e. The third-order valence-corrected chi connectivity index (χ3v) is 9.63. The van der Waals surface area contributed by atoms with Crippen LogP contribution in [0.5, 0.6) is 5.75 Å². The molecule has 0 saturated carbocycles. The Hall–Kier alpha value is -4.61. The van der Waals surface area contributed by atoms with E-state index in [1.54, 1.807) is 29.7 Å². The first kappa shape index (κ1) is 31.0. The number of carbonyl (C=O) groups is 1. The lowest BCUT2D eigenvalue weighted by molar-refractivity contribution is 0.0780. The van der Waals surface area contributed by atoms with Crippen LogP contribution in [0.4, 0.5) is 11.6 Å². The third-order valence-electron chi connectivity index (χ3n) is 8.76. The number of fused-ring (bicyclic) bond motifs is 2. The Morgan fingerprint density at radius 1 is 1.00 bits per heavy atom. The fraction of sp³-hybridized carbons (Fsp3) is 0.286. The molecule has 47 heavy (non-hydrogen) atoms. The van der Waals surface area contributed by atoms with Gasteiger partial charge in [0.05, 0.1) is 41.4 Å². The Morgan fingerprint density at radius 2 is 1.77 bits per heavy atom. The predicted molar refractivity (Wildman–Crippen MR) is 186 cm³/mol. The van der Waals surface area contributed by atoms with Gasteiger partial charge in [-0.25, -0.2) is 15.0 Å². The summed E-state index contributed by atoms with van der Waals surface area (Å²) in [5.41, 5.74) is 3.54. The van der Waals surface area contributed by atoms with Crippen molar-refractivity contribution >= 4 is 51.8 Å². The van der Waals surface area contributed by atoms with Crippen LogP contribution in [0.15, 0.2) is 76.7 Å². The van der Waals surface area contributed by atoms with Crippen molar-refractivity contribution in [3.05, 3.63) is 105 Å². The van der Waals surface area contributed by atoms with Gasteiger partial charge in [0.1, 0.15) is 28.8 Å². The van der Waals surface area contributed by atoms with E-state index in [1.807, 2.05) is 73.8 Å². The maximum absolute atomic E-state index is 14.3. The van der Waals surface area contributed by atoms with Gasteiger partial charge in [0, 0.05) is 20.1 Å². The minimum Gasteiger partial charge on any atom is -0.497 e. The molecule has 0 spiro atoms. The second kappa shape index (κ2) is 12.5. The van der Waals surface area contributed by atoms with E-state index >= 15 is 0 Å². The Morgan fingerprint density at radius 3 is 2.51 bits per heavy atom. The molecule has 240 valence electrons. The molecule has 1 atom stereocenters. The fourth-order valence-corrected chi connectivity index (χ4v) is 7.13. The number of rotatable bonds is 7. The average Bonchev–Trinajstić information content (AvgIpc) is 3.56. The number of carbonyl (C=O) groups excluding carboxylic acids is 1. The maximum atomic E-state index is 14.3. The van der Waals surface area contributed by atoms with Crippen LogP contribution in [-0.2, 0) is 6.54 Å². The highest BCUT2D eigenvalue weighted by Crippen LogP contribution is 2.42. The van der Waals surface area contributed by atoms with Crippen LogP contribution in [0.3, 0.4) is 0 Å². The normalized spacial score (nSPS) is 16.2. The van der Waals surface area contributed by atoms with Gasteiger partial charge in [-0.1, -0.05) is 53.7 Å². The first-order valence-electron chi connectivity index (χ1n) is 15.4. The summed E-state index contributed by atoms with van der Waals surface area (Å²) in [6.45, 7) is 3.55. The number of hydrogen-bond acceptors (Lipinski definition) is 9. The van der Waals surface area contributed by atoms with Crippen LogP contribution in [0, 0.1) is 6.92 Å². The van der Waals surface area contributed by atoms with E-state index in [2.05, 4.69) is 9.80 Å². The molecule has 3 aromatic carbocycles. The van der Waals surface area contributed by atoms with Gasteiger partial charge < -0.3 is 19.4 Å². The number of benzene rings is 3. The summed E-state index contributed by atoms with van der Waals surface area (Å²) in [6.07, 6.45) is 3.48. The van der Waals surface area contributed by atoms with Crippen molar-refractivity contribution < 1.29 is 9.53 Å². The Labute approximate surface area is 282 Å². The molecule has 1 fully saturated rings. The predicted octanol–water partition coefficient (Wildman–Crippen LogP) is 6.26. The molecule has 0 N–H and O–H groups in total. The van der Waals surface area contributed by atoms with Crippen LogP contribution >= 0.6 is 23.4 Å². The Balaban J connectivity index is 1.40. The second-order valence-electron chi connectivity index (χ2n) is 11.9. The molecule has 0 unspecified atom stereocenters. The highest BCUT2D eigenvalue weighted by molar-refractivity contribution is 7.98. The first-order chi connectivity index (χ1) is 22.8. The topological polar surface area (TPSA) is 96.7 Å². The van der Waals surface area contributed by atoms with Crippen molar-refractivity contribution in [2.75, 3.05) is 43.4 Å². The maximum Gasteiger partial charge on any atom is 0.267 e. The molecular weight excluding hydrogens is 634 g/mol. The standard InChI is InChI=1S/C35H34ClN7O3S/c1-21-8-5-9-23(18-21)43-30(37-26-11-6-10-25(36)28(26)34(43)45)27-12-7-17-42(27)32-29-31(38-35(39-32)47-4)41(20-40(2)33(29)44)19-22-13-15-24(46-3)16-14-22/h5-6,8-11,13-16,18,27H,7,12,17,19-20H2,1-4H3/t27-/m0/s1. The summed E-state index contributed by atoms with van der Waals surface area (Å²) in [5, 5.41) is 1.30. The van der Waals surface area contributed by atoms with Crippen LogP contribution in [-0.4, -0.2) is 64.0 Å². The number of aromatic nitrogens is 4. The van der Waals surface area contributed by atoms with Crippen molar-refractivity contribution in [2.24, 2.45) is 0 Å². The minimum atomic E-state index is -0.338. The van der Waals surface area contributed by atoms with E-state index in [-0.39, 0.29) is 17.5 Å². The molecule has 7 rings (SSSR count). The SMILES string of the molecule is COc1ccc(CN2CN(C)C(=O)c3c2nc(SC)nc3N2CCC[C@H]2c2nc3cccc(Cl)c3c(=O)n2-c2cccc(C)c2)cc1. The van der Waals surface area contributed by atoms with Crippen molar-refractivity contribution in [3.8, 4) is 11.4 Å². The number of ether oxygens (including phenoxy) is 1. The van der Waals surface area contributed by atoms with E-state index < -0.39 is 0 Å². The monoisotopic (exact) mass is 667 g/mol. The molecule has 2 aromatic heterocycles. The van der Waals surface area contributed by atoms with Gasteiger partial charge in [0.2, 0.25) is 0 Å². The molecule has 10 nitrogen and oxygen atoms in total. The number of anilines is 2. The van der Waals surface area contributed by atoms with Crippen molar-refractivity contribution in [1.82, 2.24) is 24.4 Å².